The molecule has 1 aliphatic carbocycles. The van der Waals surface area contributed by atoms with Gasteiger partial charge in [0.05, 0.1) is 0 Å². The van der Waals surface area contributed by atoms with E-state index in [1.807, 2.05) is 36.4 Å². The van der Waals surface area contributed by atoms with Gasteiger partial charge in [0.1, 0.15) is 5.78 Å². The molecule has 1 aliphatic rings. The number of Topliss-reactive ketones (excluding diaryl/α,β-unsaturated/α-hetero) is 1. The summed E-state index contributed by atoms with van der Waals surface area (Å²) in [4.78, 5) is 24.3. The molecule has 0 aliphatic heterocycles. The molecule has 1 aromatic carbocycles. The molecule has 3 heteroatoms. The maximum Gasteiger partial charge on any atom is 0.159 e. The number of allylic oxidation sites excluding steroid dienone is 2. The van der Waals surface area contributed by atoms with Gasteiger partial charge in [0, 0.05) is 25.4 Å². The maximum atomic E-state index is 12.1. The monoisotopic (exact) mass is 342 g/mol. The molecule has 0 bridgehead atoms. The van der Waals surface area contributed by atoms with Crippen LogP contribution in [0.4, 0.5) is 0 Å². The van der Waals surface area contributed by atoms with E-state index in [0.29, 0.717) is 18.6 Å². The molecule has 0 heterocycles. The molecule has 0 saturated heterocycles. The summed E-state index contributed by atoms with van der Waals surface area (Å²) >= 11 is 0. The van der Waals surface area contributed by atoms with Gasteiger partial charge in [-0.05, 0) is 36.8 Å². The highest BCUT2D eigenvalue weighted by Gasteiger charge is 2.32. The van der Waals surface area contributed by atoms with E-state index in [0.717, 1.165) is 50.5 Å². The summed E-state index contributed by atoms with van der Waals surface area (Å²) in [6, 6.07) is 9.76. The molecule has 136 valence electrons. The summed E-state index contributed by atoms with van der Waals surface area (Å²) in [6.45, 7) is 0.269. The van der Waals surface area contributed by atoms with Crippen LogP contribution in [-0.4, -0.2) is 23.3 Å². The van der Waals surface area contributed by atoms with Crippen molar-refractivity contribution in [2.45, 2.75) is 57.8 Å². The molecule has 0 aromatic heterocycles. The number of unbranched alkanes of at least 4 members (excludes halogenated alkanes) is 4. The first-order valence-electron chi connectivity index (χ1n) is 9.59. The molecule has 2 rings (SSSR count). The SMILES string of the molecule is O=C(C=CC1CCC(=O)C1CCCCCCCO)Cc1ccccc1. The standard InChI is InChI=1S/C22H30O3/c23-16-8-3-1-2-7-11-21-19(13-15-22(21)25)12-14-20(24)17-18-9-5-4-6-10-18/h4-6,9-10,12,14,19,21,23H,1-3,7-8,11,13,15-17H2. The van der Waals surface area contributed by atoms with Gasteiger partial charge in [-0.2, -0.15) is 0 Å². The quantitative estimate of drug-likeness (QED) is 0.482. The molecule has 1 N–H and O–H groups in total. The molecule has 2 unspecified atom stereocenters. The van der Waals surface area contributed by atoms with Crippen molar-refractivity contribution in [3.63, 3.8) is 0 Å². The number of rotatable bonds is 11. The number of aliphatic hydroxyl groups is 1. The molecular weight excluding hydrogens is 312 g/mol. The summed E-state index contributed by atoms with van der Waals surface area (Å²) in [5.41, 5.74) is 1.03. The van der Waals surface area contributed by atoms with Crippen LogP contribution in [0.2, 0.25) is 0 Å². The van der Waals surface area contributed by atoms with Crippen LogP contribution >= 0.6 is 0 Å². The fraction of sp³-hybridized carbons (Fsp3) is 0.545. The van der Waals surface area contributed by atoms with Gasteiger partial charge < -0.3 is 5.11 Å². The smallest absolute Gasteiger partial charge is 0.159 e. The highest BCUT2D eigenvalue weighted by atomic mass is 16.2. The summed E-state index contributed by atoms with van der Waals surface area (Å²) in [5, 5.41) is 8.78. The minimum Gasteiger partial charge on any atom is -0.396 e. The van der Waals surface area contributed by atoms with Gasteiger partial charge >= 0.3 is 0 Å². The fourth-order valence-electron chi connectivity index (χ4n) is 3.63. The van der Waals surface area contributed by atoms with Crippen molar-refractivity contribution in [1.29, 1.82) is 0 Å². The Kier molecular flexibility index (Phi) is 8.61. The van der Waals surface area contributed by atoms with Crippen LogP contribution in [0.5, 0.6) is 0 Å². The Morgan fingerprint density at radius 1 is 1.08 bits per heavy atom. The Labute approximate surface area is 151 Å². The van der Waals surface area contributed by atoms with Crippen LogP contribution in [0.25, 0.3) is 0 Å². The van der Waals surface area contributed by atoms with Gasteiger partial charge in [0.15, 0.2) is 5.78 Å². The highest BCUT2D eigenvalue weighted by Crippen LogP contribution is 2.33. The third kappa shape index (κ3) is 6.95. The molecule has 1 fully saturated rings. The van der Waals surface area contributed by atoms with Crippen LogP contribution in [-0.2, 0) is 16.0 Å². The predicted molar refractivity (Wildman–Crippen MR) is 100 cm³/mol. The molecule has 1 saturated carbocycles. The molecule has 0 spiro atoms. The highest BCUT2D eigenvalue weighted by molar-refractivity contribution is 5.91. The zero-order valence-corrected chi connectivity index (χ0v) is 15.0. The van der Waals surface area contributed by atoms with E-state index in [1.165, 1.54) is 0 Å². The fourth-order valence-corrected chi connectivity index (χ4v) is 3.63. The lowest BCUT2D eigenvalue weighted by molar-refractivity contribution is -0.121. The van der Waals surface area contributed by atoms with E-state index in [9.17, 15) is 9.59 Å². The lowest BCUT2D eigenvalue weighted by Crippen LogP contribution is -2.13. The Morgan fingerprint density at radius 3 is 2.56 bits per heavy atom. The maximum absolute atomic E-state index is 12.1. The molecule has 3 nitrogen and oxygen atoms in total. The average Bonchev–Trinajstić information content (AvgIpc) is 2.97. The molecule has 25 heavy (non-hydrogen) atoms. The van der Waals surface area contributed by atoms with Crippen LogP contribution in [0, 0.1) is 11.8 Å². The Hall–Kier alpha value is -1.74. The van der Waals surface area contributed by atoms with Crippen molar-refractivity contribution in [3.05, 3.63) is 48.0 Å². The van der Waals surface area contributed by atoms with Gasteiger partial charge in [-0.3, -0.25) is 9.59 Å². The van der Waals surface area contributed by atoms with Gasteiger partial charge in [-0.1, -0.05) is 62.1 Å². The lowest BCUT2D eigenvalue weighted by atomic mass is 9.89. The minimum atomic E-state index is 0.0959. The van der Waals surface area contributed by atoms with Crippen LogP contribution < -0.4 is 0 Å². The summed E-state index contributed by atoms with van der Waals surface area (Å²) in [5.74, 6) is 0.789. The molecular formula is C22H30O3. The number of carbonyl (C=O) groups excluding carboxylic acids is 2. The first-order valence-corrected chi connectivity index (χ1v) is 9.59. The van der Waals surface area contributed by atoms with E-state index >= 15 is 0 Å². The Balaban J connectivity index is 1.76. The van der Waals surface area contributed by atoms with Crippen molar-refractivity contribution in [2.24, 2.45) is 11.8 Å². The van der Waals surface area contributed by atoms with Gasteiger partial charge in [0.25, 0.3) is 0 Å². The van der Waals surface area contributed by atoms with Crippen LogP contribution in [0.3, 0.4) is 0 Å². The zero-order valence-electron chi connectivity index (χ0n) is 15.0. The third-order valence-electron chi connectivity index (χ3n) is 5.08. The number of benzene rings is 1. The molecule has 0 amide bonds. The normalized spacial score (nSPS) is 20.4. The minimum absolute atomic E-state index is 0.0959. The first-order chi connectivity index (χ1) is 12.2. The molecule has 2 atom stereocenters. The number of ketones is 2. The van der Waals surface area contributed by atoms with Crippen LogP contribution in [0.1, 0.15) is 56.9 Å². The number of hydrogen-bond acceptors (Lipinski definition) is 3. The largest absolute Gasteiger partial charge is 0.396 e. The van der Waals surface area contributed by atoms with Crippen molar-refractivity contribution in [3.8, 4) is 0 Å². The van der Waals surface area contributed by atoms with Crippen molar-refractivity contribution < 1.29 is 14.7 Å². The number of aliphatic hydroxyl groups excluding tert-OH is 1. The third-order valence-corrected chi connectivity index (χ3v) is 5.08. The van der Waals surface area contributed by atoms with Gasteiger partial charge in [-0.25, -0.2) is 0 Å². The summed E-state index contributed by atoms with van der Waals surface area (Å²) in [6.07, 6.45) is 11.8. The molecule has 1 aromatic rings. The Bertz CT molecular complexity index is 562. The number of hydrogen-bond donors (Lipinski definition) is 1. The van der Waals surface area contributed by atoms with E-state index in [1.54, 1.807) is 6.08 Å². The van der Waals surface area contributed by atoms with Crippen molar-refractivity contribution in [2.75, 3.05) is 6.61 Å². The summed E-state index contributed by atoms with van der Waals surface area (Å²) < 4.78 is 0. The second-order valence-corrected chi connectivity index (χ2v) is 7.04. The second-order valence-electron chi connectivity index (χ2n) is 7.04. The molecule has 0 radical (unpaired) electrons. The van der Waals surface area contributed by atoms with Crippen molar-refractivity contribution in [1.82, 2.24) is 0 Å². The van der Waals surface area contributed by atoms with E-state index in [4.69, 9.17) is 5.11 Å². The van der Waals surface area contributed by atoms with E-state index in [-0.39, 0.29) is 24.2 Å². The van der Waals surface area contributed by atoms with Gasteiger partial charge in [0.2, 0.25) is 0 Å². The van der Waals surface area contributed by atoms with Crippen LogP contribution in [0.15, 0.2) is 42.5 Å². The van der Waals surface area contributed by atoms with E-state index in [2.05, 4.69) is 0 Å². The zero-order chi connectivity index (χ0) is 17.9. The average molecular weight is 342 g/mol. The lowest BCUT2D eigenvalue weighted by Gasteiger charge is -2.14. The number of carbonyl (C=O) groups is 2. The van der Waals surface area contributed by atoms with E-state index < -0.39 is 0 Å². The summed E-state index contributed by atoms with van der Waals surface area (Å²) in [7, 11) is 0. The Morgan fingerprint density at radius 2 is 1.80 bits per heavy atom. The predicted octanol–water partition coefficient (Wildman–Crippen LogP) is 4.28. The second kappa shape index (κ2) is 11.0. The topological polar surface area (TPSA) is 54.4 Å². The van der Waals surface area contributed by atoms with Crippen molar-refractivity contribution >= 4 is 11.6 Å². The first kappa shape index (κ1) is 19.6. The van der Waals surface area contributed by atoms with Gasteiger partial charge in [-0.15, -0.1) is 0 Å².